The lowest BCUT2D eigenvalue weighted by Gasteiger charge is -2.12. The molecule has 2 aromatic rings. The molecule has 2 rings (SSSR count). The minimum absolute atomic E-state index is 0.0352. The van der Waals surface area contributed by atoms with Gasteiger partial charge < -0.3 is 15.4 Å². The maximum absolute atomic E-state index is 12.8. The number of methoxy groups -OCH3 is 1. The summed E-state index contributed by atoms with van der Waals surface area (Å²) in [5, 5.41) is 4.91. The molecule has 2 N–H and O–H groups in total. The third-order valence-corrected chi connectivity index (χ3v) is 3.66. The lowest BCUT2D eigenvalue weighted by Crippen LogP contribution is -2.27. The van der Waals surface area contributed by atoms with E-state index < -0.39 is 22.7 Å². The number of hydrogen-bond acceptors (Lipinski definition) is 3. The molecule has 0 atom stereocenters. The number of halogens is 4. The zero-order valence-corrected chi connectivity index (χ0v) is 14.0. The molecule has 0 aliphatic heterocycles. The minimum Gasteiger partial charge on any atom is -0.497 e. The van der Waals surface area contributed by atoms with Gasteiger partial charge >= 0.3 is 6.18 Å². The van der Waals surface area contributed by atoms with Crippen molar-refractivity contribution in [2.24, 2.45) is 0 Å². The fourth-order valence-corrected chi connectivity index (χ4v) is 2.31. The summed E-state index contributed by atoms with van der Waals surface area (Å²) in [6.45, 7) is 0.391. The molecule has 0 fully saturated rings. The predicted molar refractivity (Wildman–Crippen MR) is 89.8 cm³/mol. The van der Waals surface area contributed by atoms with Gasteiger partial charge in [0.05, 0.1) is 24.2 Å². The van der Waals surface area contributed by atoms with Gasteiger partial charge in [0.1, 0.15) is 5.75 Å². The molecule has 0 saturated carbocycles. The van der Waals surface area contributed by atoms with E-state index in [2.05, 4.69) is 10.6 Å². The van der Waals surface area contributed by atoms with Gasteiger partial charge in [-0.15, -0.1) is 0 Å². The van der Waals surface area contributed by atoms with E-state index in [1.54, 1.807) is 19.2 Å². The van der Waals surface area contributed by atoms with E-state index in [0.717, 1.165) is 23.4 Å². The van der Waals surface area contributed by atoms with Crippen LogP contribution in [0.25, 0.3) is 0 Å². The number of amides is 1. The van der Waals surface area contributed by atoms with Crippen molar-refractivity contribution in [2.45, 2.75) is 12.7 Å². The predicted octanol–water partition coefficient (Wildman–Crippen LogP) is 4.10. The van der Waals surface area contributed by atoms with Crippen LogP contribution in [0.15, 0.2) is 42.5 Å². The Morgan fingerprint density at radius 3 is 2.44 bits per heavy atom. The van der Waals surface area contributed by atoms with E-state index in [4.69, 9.17) is 16.3 Å². The number of carbonyl (C=O) groups excluding carboxylic acids is 1. The molecule has 8 heteroatoms. The molecular weight excluding hydrogens is 357 g/mol. The zero-order chi connectivity index (χ0) is 18.4. The topological polar surface area (TPSA) is 50.4 Å². The van der Waals surface area contributed by atoms with Crippen molar-refractivity contribution >= 4 is 23.2 Å². The van der Waals surface area contributed by atoms with Gasteiger partial charge in [-0.3, -0.25) is 4.79 Å². The molecular formula is C17H16ClF3N2O2. The summed E-state index contributed by atoms with van der Waals surface area (Å²) in [5.74, 6) is 0.272. The number of ether oxygens (including phenoxy) is 1. The Bertz CT molecular complexity index is 734. The standard InChI is InChI=1S/C17H16ClF3N2O2/c1-25-13-5-2-11(3-6-13)9-22-10-16(24)23-12-4-7-15(18)14(8-12)17(19,20)21/h2-8,22H,9-10H2,1H3,(H,23,24). The average Bonchev–Trinajstić information content (AvgIpc) is 2.56. The van der Waals surface area contributed by atoms with Gasteiger partial charge in [-0.25, -0.2) is 0 Å². The highest BCUT2D eigenvalue weighted by Crippen LogP contribution is 2.36. The van der Waals surface area contributed by atoms with Crippen molar-refractivity contribution in [3.8, 4) is 5.75 Å². The minimum atomic E-state index is -4.58. The van der Waals surface area contributed by atoms with E-state index in [0.29, 0.717) is 6.54 Å². The fourth-order valence-electron chi connectivity index (χ4n) is 2.09. The molecule has 0 aliphatic carbocycles. The van der Waals surface area contributed by atoms with Gasteiger partial charge in [0.25, 0.3) is 0 Å². The number of hydrogen-bond donors (Lipinski definition) is 2. The molecule has 25 heavy (non-hydrogen) atoms. The molecule has 0 unspecified atom stereocenters. The van der Waals surface area contributed by atoms with Crippen LogP contribution in [0.5, 0.6) is 5.75 Å². The van der Waals surface area contributed by atoms with E-state index in [1.807, 2.05) is 12.1 Å². The van der Waals surface area contributed by atoms with Crippen molar-refractivity contribution in [1.82, 2.24) is 5.32 Å². The molecule has 0 radical (unpaired) electrons. The first-order chi connectivity index (χ1) is 11.8. The number of benzene rings is 2. The first-order valence-electron chi connectivity index (χ1n) is 7.30. The van der Waals surface area contributed by atoms with Gasteiger partial charge in [-0.1, -0.05) is 23.7 Å². The summed E-state index contributed by atoms with van der Waals surface area (Å²) in [5.41, 5.74) is -0.00872. The highest BCUT2D eigenvalue weighted by molar-refractivity contribution is 6.31. The number of anilines is 1. The number of carbonyl (C=O) groups is 1. The molecule has 2 aromatic carbocycles. The van der Waals surface area contributed by atoms with Crippen LogP contribution in [0.1, 0.15) is 11.1 Å². The molecule has 0 aliphatic rings. The number of nitrogens with one attached hydrogen (secondary N) is 2. The third kappa shape index (κ3) is 5.65. The molecule has 0 saturated heterocycles. The second-order valence-electron chi connectivity index (χ2n) is 5.19. The summed E-state index contributed by atoms with van der Waals surface area (Å²) in [4.78, 5) is 11.8. The number of rotatable bonds is 6. The second kappa shape index (κ2) is 8.22. The van der Waals surface area contributed by atoms with Crippen LogP contribution in [-0.2, 0) is 17.5 Å². The molecule has 1 amide bonds. The molecule has 0 bridgehead atoms. The third-order valence-electron chi connectivity index (χ3n) is 3.33. The highest BCUT2D eigenvalue weighted by atomic mass is 35.5. The van der Waals surface area contributed by atoms with E-state index in [9.17, 15) is 18.0 Å². The van der Waals surface area contributed by atoms with E-state index in [-0.39, 0.29) is 12.2 Å². The van der Waals surface area contributed by atoms with Crippen LogP contribution < -0.4 is 15.4 Å². The summed E-state index contributed by atoms with van der Waals surface area (Å²) in [7, 11) is 1.57. The second-order valence-corrected chi connectivity index (χ2v) is 5.60. The van der Waals surface area contributed by atoms with Crippen molar-refractivity contribution in [3.63, 3.8) is 0 Å². The normalized spacial score (nSPS) is 11.2. The largest absolute Gasteiger partial charge is 0.497 e. The van der Waals surface area contributed by atoms with Crippen LogP contribution in [0.4, 0.5) is 18.9 Å². The lowest BCUT2D eigenvalue weighted by atomic mass is 10.2. The van der Waals surface area contributed by atoms with Crippen LogP contribution in [-0.4, -0.2) is 19.6 Å². The van der Waals surface area contributed by atoms with Crippen molar-refractivity contribution < 1.29 is 22.7 Å². The Morgan fingerprint density at radius 2 is 1.84 bits per heavy atom. The van der Waals surface area contributed by atoms with E-state index >= 15 is 0 Å². The summed E-state index contributed by atoms with van der Waals surface area (Å²) in [6.07, 6.45) is -4.58. The Labute approximate surface area is 147 Å². The average molecular weight is 373 g/mol. The monoisotopic (exact) mass is 372 g/mol. The molecule has 0 spiro atoms. The number of alkyl halides is 3. The molecule has 0 aromatic heterocycles. The summed E-state index contributed by atoms with van der Waals surface area (Å²) >= 11 is 5.54. The SMILES string of the molecule is COc1ccc(CNCC(=O)Nc2ccc(Cl)c(C(F)(F)F)c2)cc1. The Hall–Kier alpha value is -2.25. The zero-order valence-electron chi connectivity index (χ0n) is 13.3. The quantitative estimate of drug-likeness (QED) is 0.802. The lowest BCUT2D eigenvalue weighted by molar-refractivity contribution is -0.137. The molecule has 0 heterocycles. The van der Waals surface area contributed by atoms with Crippen LogP contribution in [0.3, 0.4) is 0 Å². The maximum Gasteiger partial charge on any atom is 0.417 e. The fraction of sp³-hybridized carbons (Fsp3) is 0.235. The van der Waals surface area contributed by atoms with E-state index in [1.165, 1.54) is 6.07 Å². The smallest absolute Gasteiger partial charge is 0.417 e. The molecule has 4 nitrogen and oxygen atoms in total. The first kappa shape index (κ1) is 19.1. The van der Waals surface area contributed by atoms with Crippen LogP contribution in [0.2, 0.25) is 5.02 Å². The Morgan fingerprint density at radius 1 is 1.16 bits per heavy atom. The van der Waals surface area contributed by atoms with Crippen molar-refractivity contribution in [1.29, 1.82) is 0 Å². The Balaban J connectivity index is 1.87. The van der Waals surface area contributed by atoms with Gasteiger partial charge in [0.2, 0.25) is 5.91 Å². The maximum atomic E-state index is 12.8. The van der Waals surface area contributed by atoms with Gasteiger partial charge in [-0.05, 0) is 35.9 Å². The molecule has 134 valence electrons. The van der Waals surface area contributed by atoms with Crippen molar-refractivity contribution in [3.05, 3.63) is 58.6 Å². The van der Waals surface area contributed by atoms with Gasteiger partial charge in [0, 0.05) is 12.2 Å². The highest BCUT2D eigenvalue weighted by Gasteiger charge is 2.33. The van der Waals surface area contributed by atoms with Crippen molar-refractivity contribution in [2.75, 3.05) is 19.0 Å². The van der Waals surface area contributed by atoms with Crippen LogP contribution >= 0.6 is 11.6 Å². The van der Waals surface area contributed by atoms with Crippen LogP contribution in [0, 0.1) is 0 Å². The summed E-state index contributed by atoms with van der Waals surface area (Å²) in [6, 6.07) is 10.5. The first-order valence-corrected chi connectivity index (χ1v) is 7.67. The summed E-state index contributed by atoms with van der Waals surface area (Å²) < 4.78 is 43.4. The Kier molecular flexibility index (Phi) is 6.27. The van der Waals surface area contributed by atoms with Gasteiger partial charge in [-0.2, -0.15) is 13.2 Å². The van der Waals surface area contributed by atoms with Gasteiger partial charge in [0.15, 0.2) is 0 Å².